The van der Waals surface area contributed by atoms with E-state index in [1.807, 2.05) is 18.2 Å². The monoisotopic (exact) mass is 390 g/mol. The molecule has 0 bridgehead atoms. The maximum atomic E-state index is 11.3. The number of halogens is 2. The summed E-state index contributed by atoms with van der Waals surface area (Å²) in [5, 5.41) is 5.43. The van der Waals surface area contributed by atoms with E-state index in [0.717, 1.165) is 14.6 Å². The average Bonchev–Trinajstić information content (AvgIpc) is 2.81. The topological polar surface area (TPSA) is 51.2 Å². The summed E-state index contributed by atoms with van der Waals surface area (Å²) >= 11 is 8.23. The molecule has 2 rings (SSSR count). The molecule has 18 heavy (non-hydrogen) atoms. The zero-order valence-corrected chi connectivity index (χ0v) is 13.2. The molecule has 0 atom stereocenters. The van der Waals surface area contributed by atoms with Crippen molar-refractivity contribution in [2.75, 3.05) is 12.4 Å². The van der Waals surface area contributed by atoms with Gasteiger partial charge in [-0.05, 0) is 44.0 Å². The normalized spacial score (nSPS) is 10.2. The molecule has 0 radical (unpaired) electrons. The number of esters is 1. The lowest BCUT2D eigenvalue weighted by Crippen LogP contribution is -2.01. The highest BCUT2D eigenvalue weighted by Crippen LogP contribution is 2.33. The summed E-state index contributed by atoms with van der Waals surface area (Å²) in [4.78, 5) is 15.4. The highest BCUT2D eigenvalue weighted by atomic mass is 79.9. The van der Waals surface area contributed by atoms with Crippen molar-refractivity contribution in [1.82, 2.24) is 4.98 Å². The first-order valence-corrected chi connectivity index (χ1v) is 7.33. The second-order valence-corrected chi connectivity index (χ2v) is 5.82. The Balaban J connectivity index is 2.24. The van der Waals surface area contributed by atoms with Gasteiger partial charge >= 0.3 is 5.97 Å². The van der Waals surface area contributed by atoms with Gasteiger partial charge in [0.05, 0.1) is 12.8 Å². The molecule has 1 aromatic heterocycles. The van der Waals surface area contributed by atoms with E-state index in [9.17, 15) is 4.79 Å². The minimum atomic E-state index is -0.439. The van der Waals surface area contributed by atoms with Crippen LogP contribution in [0.25, 0.3) is 0 Å². The standard InChI is InChI=1S/C11H8Br2N2O2S/c1-17-10(16)8-5-18-11(14-8)15-9-6(12)3-2-4-7(9)13/h2-5H,1H3,(H,14,15). The van der Waals surface area contributed by atoms with Crippen LogP contribution in [-0.2, 0) is 4.74 Å². The third-order valence-electron chi connectivity index (χ3n) is 2.09. The SMILES string of the molecule is COC(=O)c1csc(Nc2c(Br)cccc2Br)n1. The molecule has 2 aromatic rings. The first kappa shape index (κ1) is 13.5. The number of thiazole rings is 1. The fraction of sp³-hybridized carbons (Fsp3) is 0.0909. The fourth-order valence-corrected chi connectivity index (χ4v) is 3.13. The maximum Gasteiger partial charge on any atom is 0.357 e. The Kier molecular flexibility index (Phi) is 4.36. The van der Waals surface area contributed by atoms with Gasteiger partial charge in [-0.3, -0.25) is 0 Å². The Hall–Kier alpha value is -0.920. The van der Waals surface area contributed by atoms with Gasteiger partial charge < -0.3 is 10.1 Å². The van der Waals surface area contributed by atoms with Crippen molar-refractivity contribution in [2.45, 2.75) is 0 Å². The average molecular weight is 392 g/mol. The van der Waals surface area contributed by atoms with E-state index in [4.69, 9.17) is 0 Å². The lowest BCUT2D eigenvalue weighted by Gasteiger charge is -2.07. The van der Waals surface area contributed by atoms with E-state index < -0.39 is 5.97 Å². The largest absolute Gasteiger partial charge is 0.464 e. The number of benzene rings is 1. The molecule has 7 heteroatoms. The van der Waals surface area contributed by atoms with Crippen LogP contribution < -0.4 is 5.32 Å². The second-order valence-electron chi connectivity index (χ2n) is 3.25. The van der Waals surface area contributed by atoms with Crippen LogP contribution in [0.1, 0.15) is 10.5 Å². The van der Waals surface area contributed by atoms with E-state index >= 15 is 0 Å². The summed E-state index contributed by atoms with van der Waals surface area (Å²) < 4.78 is 6.42. The molecule has 1 heterocycles. The van der Waals surface area contributed by atoms with Gasteiger partial charge in [0.25, 0.3) is 0 Å². The zero-order valence-electron chi connectivity index (χ0n) is 9.24. The summed E-state index contributed by atoms with van der Waals surface area (Å²) in [6.07, 6.45) is 0. The number of carbonyl (C=O) groups excluding carboxylic acids is 1. The molecule has 0 fully saturated rings. The number of nitrogens with zero attached hydrogens (tertiary/aromatic N) is 1. The van der Waals surface area contributed by atoms with Crippen LogP contribution in [0.3, 0.4) is 0 Å². The van der Waals surface area contributed by atoms with E-state index in [1.54, 1.807) is 5.38 Å². The molecule has 1 aromatic carbocycles. The van der Waals surface area contributed by atoms with E-state index in [2.05, 4.69) is 46.9 Å². The molecule has 0 aliphatic rings. The first-order chi connectivity index (χ1) is 8.61. The molecular formula is C11H8Br2N2O2S. The minimum absolute atomic E-state index is 0.299. The highest BCUT2D eigenvalue weighted by molar-refractivity contribution is 9.11. The number of anilines is 2. The quantitative estimate of drug-likeness (QED) is 0.796. The highest BCUT2D eigenvalue weighted by Gasteiger charge is 2.12. The van der Waals surface area contributed by atoms with Gasteiger partial charge in [0.15, 0.2) is 10.8 Å². The van der Waals surface area contributed by atoms with Crippen LogP contribution in [0.4, 0.5) is 10.8 Å². The van der Waals surface area contributed by atoms with Crippen LogP contribution >= 0.6 is 43.2 Å². The number of rotatable bonds is 3. The zero-order chi connectivity index (χ0) is 13.1. The number of para-hydroxylation sites is 1. The summed E-state index contributed by atoms with van der Waals surface area (Å²) in [6, 6.07) is 5.75. The van der Waals surface area contributed by atoms with Gasteiger partial charge in [-0.2, -0.15) is 0 Å². The van der Waals surface area contributed by atoms with Gasteiger partial charge in [-0.1, -0.05) is 6.07 Å². The number of nitrogens with one attached hydrogen (secondary N) is 1. The minimum Gasteiger partial charge on any atom is -0.464 e. The molecular weight excluding hydrogens is 384 g/mol. The van der Waals surface area contributed by atoms with Crippen LogP contribution in [0, 0.1) is 0 Å². The van der Waals surface area contributed by atoms with Crippen molar-refractivity contribution in [2.24, 2.45) is 0 Å². The predicted octanol–water partition coefficient (Wildman–Crippen LogP) is 4.20. The number of aromatic nitrogens is 1. The third-order valence-corrected chi connectivity index (χ3v) is 4.17. The maximum absolute atomic E-state index is 11.3. The predicted molar refractivity (Wildman–Crippen MR) is 78.6 cm³/mol. The first-order valence-electron chi connectivity index (χ1n) is 4.86. The summed E-state index contributed by atoms with van der Waals surface area (Å²) in [5.74, 6) is -0.439. The van der Waals surface area contributed by atoms with Gasteiger partial charge in [0.1, 0.15) is 0 Å². The molecule has 0 amide bonds. The lowest BCUT2D eigenvalue weighted by molar-refractivity contribution is 0.0595. The fourth-order valence-electron chi connectivity index (χ4n) is 1.25. The molecule has 0 saturated carbocycles. The van der Waals surface area contributed by atoms with Gasteiger partial charge in [0.2, 0.25) is 0 Å². The van der Waals surface area contributed by atoms with Crippen molar-refractivity contribution in [3.05, 3.63) is 38.2 Å². The summed E-state index contributed by atoms with van der Waals surface area (Å²) in [7, 11) is 1.33. The molecule has 0 saturated heterocycles. The van der Waals surface area contributed by atoms with Crippen molar-refractivity contribution < 1.29 is 9.53 Å². The number of hydrogen-bond acceptors (Lipinski definition) is 5. The Labute approximate surface area is 125 Å². The number of methoxy groups -OCH3 is 1. The number of ether oxygens (including phenoxy) is 1. The van der Waals surface area contributed by atoms with Crippen molar-refractivity contribution >= 4 is 60.0 Å². The lowest BCUT2D eigenvalue weighted by atomic mass is 10.3. The van der Waals surface area contributed by atoms with Crippen LogP contribution in [0.5, 0.6) is 0 Å². The smallest absolute Gasteiger partial charge is 0.357 e. The molecule has 1 N–H and O–H groups in total. The molecule has 0 aliphatic carbocycles. The summed E-state index contributed by atoms with van der Waals surface area (Å²) in [5.41, 5.74) is 1.16. The van der Waals surface area contributed by atoms with Gasteiger partial charge in [-0.15, -0.1) is 11.3 Å². The third kappa shape index (κ3) is 2.90. The van der Waals surface area contributed by atoms with Crippen molar-refractivity contribution in [3.63, 3.8) is 0 Å². The molecule has 94 valence electrons. The molecule has 0 spiro atoms. The van der Waals surface area contributed by atoms with E-state index in [1.165, 1.54) is 18.4 Å². The van der Waals surface area contributed by atoms with E-state index in [-0.39, 0.29) is 0 Å². The molecule has 0 aliphatic heterocycles. The number of carbonyl (C=O) groups is 1. The van der Waals surface area contributed by atoms with E-state index in [0.29, 0.717) is 10.8 Å². The van der Waals surface area contributed by atoms with Gasteiger partial charge in [-0.25, -0.2) is 9.78 Å². The molecule has 4 nitrogen and oxygen atoms in total. The Bertz CT molecular complexity index is 566. The Morgan fingerprint density at radius 3 is 2.67 bits per heavy atom. The molecule has 0 unspecified atom stereocenters. The second kappa shape index (κ2) is 5.81. The van der Waals surface area contributed by atoms with Crippen LogP contribution in [-0.4, -0.2) is 18.1 Å². The Morgan fingerprint density at radius 1 is 1.39 bits per heavy atom. The summed E-state index contributed by atoms with van der Waals surface area (Å²) in [6.45, 7) is 0. The van der Waals surface area contributed by atoms with Gasteiger partial charge in [0, 0.05) is 14.3 Å². The van der Waals surface area contributed by atoms with Crippen LogP contribution in [0.15, 0.2) is 32.5 Å². The van der Waals surface area contributed by atoms with Crippen molar-refractivity contribution in [3.8, 4) is 0 Å². The Morgan fingerprint density at radius 2 is 2.06 bits per heavy atom. The van der Waals surface area contributed by atoms with Crippen molar-refractivity contribution in [1.29, 1.82) is 0 Å². The van der Waals surface area contributed by atoms with Crippen LogP contribution in [0.2, 0.25) is 0 Å². The number of hydrogen-bond donors (Lipinski definition) is 1.